The zero-order valence-corrected chi connectivity index (χ0v) is 19.7. The fourth-order valence-corrected chi connectivity index (χ4v) is 4.05. The molecule has 0 spiro atoms. The van der Waals surface area contributed by atoms with Crippen LogP contribution in [0.25, 0.3) is 11.1 Å². The number of para-hydroxylation sites is 1. The van der Waals surface area contributed by atoms with Crippen molar-refractivity contribution in [3.63, 3.8) is 0 Å². The highest BCUT2D eigenvalue weighted by Crippen LogP contribution is 2.34. The summed E-state index contributed by atoms with van der Waals surface area (Å²) >= 11 is 0. The molecule has 3 aromatic rings. The van der Waals surface area contributed by atoms with Crippen LogP contribution in [0.2, 0.25) is 0 Å². The average Bonchev–Trinajstić information content (AvgIpc) is 2.73. The number of hydrogen-bond acceptors (Lipinski definition) is 4. The first-order valence-electron chi connectivity index (χ1n) is 11.0. The van der Waals surface area contributed by atoms with Crippen molar-refractivity contribution in [1.82, 2.24) is 4.98 Å². The first-order valence-corrected chi connectivity index (χ1v) is 11.0. The van der Waals surface area contributed by atoms with Gasteiger partial charge in [-0.1, -0.05) is 55.8 Å². The van der Waals surface area contributed by atoms with E-state index in [0.29, 0.717) is 23.8 Å². The summed E-state index contributed by atoms with van der Waals surface area (Å²) in [7, 11) is 0. The minimum atomic E-state index is -0.507. The molecule has 168 valence electrons. The molecule has 0 fully saturated rings. The molecular formula is C27H33N3O2. The maximum atomic E-state index is 11.9. The van der Waals surface area contributed by atoms with E-state index < -0.39 is 5.91 Å². The van der Waals surface area contributed by atoms with Crippen LogP contribution in [0.1, 0.15) is 57.8 Å². The molecule has 1 aromatic heterocycles. The first kappa shape index (κ1) is 23.5. The van der Waals surface area contributed by atoms with Crippen molar-refractivity contribution in [2.24, 2.45) is 17.4 Å². The smallest absolute Gasteiger partial charge is 0.252 e. The molecule has 0 bridgehead atoms. The molecule has 1 amide bonds. The average molecular weight is 432 g/mol. The van der Waals surface area contributed by atoms with Gasteiger partial charge in [-0.3, -0.25) is 9.78 Å². The van der Waals surface area contributed by atoms with Gasteiger partial charge >= 0.3 is 0 Å². The van der Waals surface area contributed by atoms with Crippen LogP contribution in [0.5, 0.6) is 5.75 Å². The number of nitrogens with two attached hydrogens (primary N) is 2. The van der Waals surface area contributed by atoms with Gasteiger partial charge in [0, 0.05) is 23.5 Å². The molecule has 0 aliphatic heterocycles. The van der Waals surface area contributed by atoms with Crippen LogP contribution in [0.15, 0.2) is 42.5 Å². The SMILES string of the molecule is Cc1ccc(-c2c(COc3c(C)cccc3C(N)=O)c(C)nc(CC(C)C)c2CN)cc1. The van der Waals surface area contributed by atoms with Gasteiger partial charge in [0.2, 0.25) is 0 Å². The number of carbonyl (C=O) groups excluding carboxylic acids is 1. The van der Waals surface area contributed by atoms with Crippen LogP contribution >= 0.6 is 0 Å². The van der Waals surface area contributed by atoms with Crippen LogP contribution in [-0.4, -0.2) is 10.9 Å². The third-order valence-electron chi connectivity index (χ3n) is 5.68. The van der Waals surface area contributed by atoms with Gasteiger partial charge in [0.25, 0.3) is 5.91 Å². The van der Waals surface area contributed by atoms with E-state index in [9.17, 15) is 4.79 Å². The Labute approximate surface area is 190 Å². The van der Waals surface area contributed by atoms with Gasteiger partial charge in [0.1, 0.15) is 12.4 Å². The molecule has 3 rings (SSSR count). The van der Waals surface area contributed by atoms with E-state index in [4.69, 9.17) is 21.2 Å². The van der Waals surface area contributed by atoms with Crippen molar-refractivity contribution in [2.75, 3.05) is 0 Å². The molecule has 0 aliphatic rings. The van der Waals surface area contributed by atoms with Crippen molar-refractivity contribution in [3.8, 4) is 16.9 Å². The number of aromatic nitrogens is 1. The Kier molecular flexibility index (Phi) is 7.31. The van der Waals surface area contributed by atoms with Crippen molar-refractivity contribution in [3.05, 3.63) is 81.7 Å². The summed E-state index contributed by atoms with van der Waals surface area (Å²) in [5, 5.41) is 0. The maximum absolute atomic E-state index is 11.9. The van der Waals surface area contributed by atoms with Gasteiger partial charge in [-0.05, 0) is 61.4 Å². The minimum absolute atomic E-state index is 0.266. The number of aryl methyl sites for hydroxylation is 3. The van der Waals surface area contributed by atoms with Crippen LogP contribution < -0.4 is 16.2 Å². The number of hydrogen-bond donors (Lipinski definition) is 2. The zero-order chi connectivity index (χ0) is 23.4. The van der Waals surface area contributed by atoms with E-state index in [1.165, 1.54) is 5.56 Å². The Bertz CT molecular complexity index is 1120. The largest absolute Gasteiger partial charge is 0.488 e. The quantitative estimate of drug-likeness (QED) is 0.524. The zero-order valence-electron chi connectivity index (χ0n) is 19.7. The number of amides is 1. The molecule has 0 atom stereocenters. The number of ether oxygens (including phenoxy) is 1. The van der Waals surface area contributed by atoms with E-state index in [1.54, 1.807) is 12.1 Å². The lowest BCUT2D eigenvalue weighted by Gasteiger charge is -2.22. The van der Waals surface area contributed by atoms with E-state index in [2.05, 4.69) is 45.0 Å². The highest BCUT2D eigenvalue weighted by molar-refractivity contribution is 5.96. The predicted octanol–water partition coefficient (Wildman–Crippen LogP) is 5.01. The van der Waals surface area contributed by atoms with Crippen molar-refractivity contribution >= 4 is 5.91 Å². The lowest BCUT2D eigenvalue weighted by molar-refractivity contribution is 0.0995. The van der Waals surface area contributed by atoms with Gasteiger partial charge in [0.15, 0.2) is 0 Å². The lowest BCUT2D eigenvalue weighted by atomic mass is 9.90. The summed E-state index contributed by atoms with van der Waals surface area (Å²) in [5.41, 5.74) is 20.4. The predicted molar refractivity (Wildman–Crippen MR) is 130 cm³/mol. The molecule has 0 radical (unpaired) electrons. The third kappa shape index (κ3) is 5.00. The molecule has 4 N–H and O–H groups in total. The number of pyridine rings is 1. The molecule has 0 aliphatic carbocycles. The van der Waals surface area contributed by atoms with E-state index in [1.807, 2.05) is 19.9 Å². The summed E-state index contributed by atoms with van der Waals surface area (Å²) in [4.78, 5) is 16.9. The summed E-state index contributed by atoms with van der Waals surface area (Å²) < 4.78 is 6.22. The highest BCUT2D eigenvalue weighted by atomic mass is 16.5. The molecule has 0 unspecified atom stereocenters. The molecule has 5 nitrogen and oxygen atoms in total. The monoisotopic (exact) mass is 431 g/mol. The second kappa shape index (κ2) is 9.96. The van der Waals surface area contributed by atoms with Crippen LogP contribution in [0, 0.1) is 26.7 Å². The molecule has 0 saturated heterocycles. The molecule has 2 aromatic carbocycles. The number of rotatable bonds is 8. The Morgan fingerprint density at radius 2 is 1.72 bits per heavy atom. The highest BCUT2D eigenvalue weighted by Gasteiger charge is 2.21. The Morgan fingerprint density at radius 3 is 2.31 bits per heavy atom. The lowest BCUT2D eigenvalue weighted by Crippen LogP contribution is -2.16. The van der Waals surface area contributed by atoms with Crippen molar-refractivity contribution < 1.29 is 9.53 Å². The second-order valence-corrected chi connectivity index (χ2v) is 8.75. The van der Waals surface area contributed by atoms with Gasteiger partial charge in [-0.2, -0.15) is 0 Å². The molecular weight excluding hydrogens is 398 g/mol. The van der Waals surface area contributed by atoms with E-state index >= 15 is 0 Å². The fraction of sp³-hybridized carbons (Fsp3) is 0.333. The summed E-state index contributed by atoms with van der Waals surface area (Å²) in [6.07, 6.45) is 0.858. The third-order valence-corrected chi connectivity index (χ3v) is 5.68. The standard InChI is InChI=1S/C27H33N3O2/c1-16(2)13-24-22(14-28)25(20-11-9-17(3)10-12-20)23(19(5)30-24)15-32-26-18(4)7-6-8-21(26)27(29)31/h6-12,16H,13-15,28H2,1-5H3,(H2,29,31). The van der Waals surface area contributed by atoms with Crippen molar-refractivity contribution in [1.29, 1.82) is 0 Å². The molecule has 32 heavy (non-hydrogen) atoms. The summed E-state index contributed by atoms with van der Waals surface area (Å²) in [5.74, 6) is 0.465. The maximum Gasteiger partial charge on any atom is 0.252 e. The first-order chi connectivity index (χ1) is 15.2. The molecule has 5 heteroatoms. The molecule has 0 saturated carbocycles. The number of carbonyl (C=O) groups is 1. The van der Waals surface area contributed by atoms with Gasteiger partial charge in [-0.15, -0.1) is 0 Å². The van der Waals surface area contributed by atoms with Crippen LogP contribution in [0.3, 0.4) is 0 Å². The Balaban J connectivity index is 2.15. The van der Waals surface area contributed by atoms with Gasteiger partial charge < -0.3 is 16.2 Å². The van der Waals surface area contributed by atoms with Gasteiger partial charge in [-0.25, -0.2) is 0 Å². The number of nitrogens with zero attached hydrogens (tertiary/aromatic N) is 1. The minimum Gasteiger partial charge on any atom is -0.488 e. The van der Waals surface area contributed by atoms with E-state index in [-0.39, 0.29) is 6.61 Å². The second-order valence-electron chi connectivity index (χ2n) is 8.75. The molecule has 1 heterocycles. The van der Waals surface area contributed by atoms with Crippen LogP contribution in [-0.2, 0) is 19.6 Å². The summed E-state index contributed by atoms with van der Waals surface area (Å²) in [6.45, 7) is 11.0. The van der Waals surface area contributed by atoms with Crippen LogP contribution in [0.4, 0.5) is 0 Å². The normalized spacial score (nSPS) is 11.1. The number of primary amides is 1. The van der Waals surface area contributed by atoms with Crippen molar-refractivity contribution in [2.45, 2.75) is 54.2 Å². The fourth-order valence-electron chi connectivity index (χ4n) is 4.05. The number of benzene rings is 2. The topological polar surface area (TPSA) is 91.2 Å². The Morgan fingerprint density at radius 1 is 1.03 bits per heavy atom. The summed E-state index contributed by atoms with van der Waals surface area (Å²) in [6, 6.07) is 13.8. The van der Waals surface area contributed by atoms with E-state index in [0.717, 1.165) is 45.6 Å². The van der Waals surface area contributed by atoms with Gasteiger partial charge in [0.05, 0.1) is 5.56 Å². The Hall–Kier alpha value is -3.18.